The Balaban J connectivity index is 1.95. The molecule has 2 heteroatoms. The second kappa shape index (κ2) is 7.07. The van der Waals surface area contributed by atoms with Crippen LogP contribution < -0.4 is 9.30 Å². The van der Waals surface area contributed by atoms with Crippen LogP contribution in [-0.4, -0.2) is 0 Å². The van der Waals surface area contributed by atoms with E-state index in [1.165, 1.54) is 55.2 Å². The molecule has 4 aromatic rings. The molecule has 0 saturated carbocycles. The largest absolute Gasteiger partial charge is 0.449 e. The molecule has 0 bridgehead atoms. The fourth-order valence-corrected chi connectivity index (χ4v) is 5.48. The first kappa shape index (κ1) is 21.0. The van der Waals surface area contributed by atoms with Gasteiger partial charge in [0.05, 0.1) is 10.9 Å². The van der Waals surface area contributed by atoms with Gasteiger partial charge in [0.25, 0.3) is 5.69 Å². The minimum atomic E-state index is 0.223. The third kappa shape index (κ3) is 3.11. The van der Waals surface area contributed by atoms with E-state index in [2.05, 4.69) is 103 Å². The molecular weight excluding hydrogens is 390 g/mol. The minimum Gasteiger partial charge on any atom is -0.449 e. The lowest BCUT2D eigenvalue weighted by Gasteiger charge is -2.27. The predicted molar refractivity (Wildman–Crippen MR) is 135 cm³/mol. The number of fused-ring (bicyclic) bond motifs is 3. The van der Waals surface area contributed by atoms with Gasteiger partial charge in [0.1, 0.15) is 12.8 Å². The van der Waals surface area contributed by atoms with Crippen molar-refractivity contribution in [2.75, 3.05) is 0 Å². The van der Waals surface area contributed by atoms with Gasteiger partial charge in [-0.1, -0.05) is 58.9 Å². The lowest BCUT2D eigenvalue weighted by molar-refractivity contribution is -0.633. The first-order chi connectivity index (χ1) is 15.1. The first-order valence-corrected chi connectivity index (χ1v) is 11.8. The van der Waals surface area contributed by atoms with Crippen LogP contribution in [0.4, 0.5) is 0 Å². The summed E-state index contributed by atoms with van der Waals surface area (Å²) in [6, 6.07) is 15.7. The molecule has 1 aliphatic rings. The topological polar surface area (TPSA) is 13.1 Å². The van der Waals surface area contributed by atoms with Crippen LogP contribution in [0, 0.1) is 19.3 Å². The minimum absolute atomic E-state index is 0.223. The van der Waals surface area contributed by atoms with E-state index >= 15 is 0 Å². The molecule has 2 heterocycles. The quantitative estimate of drug-likeness (QED) is 0.262. The van der Waals surface area contributed by atoms with Crippen molar-refractivity contribution in [1.82, 2.24) is 0 Å². The van der Waals surface area contributed by atoms with Crippen LogP contribution in [-0.2, 0) is 13.5 Å². The summed E-state index contributed by atoms with van der Waals surface area (Å²) < 4.78 is 9.20. The smallest absolute Gasteiger partial charge is 0.257 e. The highest BCUT2D eigenvalue weighted by Crippen LogP contribution is 2.51. The highest BCUT2D eigenvalue weighted by Gasteiger charge is 2.35. The van der Waals surface area contributed by atoms with E-state index in [4.69, 9.17) is 4.74 Å². The van der Waals surface area contributed by atoms with E-state index in [9.17, 15) is 0 Å². The van der Waals surface area contributed by atoms with Crippen LogP contribution in [0.25, 0.3) is 32.9 Å². The number of hydrogen-bond acceptors (Lipinski definition) is 1. The molecule has 2 nitrogen and oxygen atoms in total. The van der Waals surface area contributed by atoms with E-state index < -0.39 is 0 Å². The summed E-state index contributed by atoms with van der Waals surface area (Å²) in [5.74, 6) is 2.39. The molecule has 1 aromatic heterocycles. The molecule has 164 valence electrons. The van der Waals surface area contributed by atoms with Crippen LogP contribution in [0.2, 0.25) is 0 Å². The van der Waals surface area contributed by atoms with Gasteiger partial charge in [-0.2, -0.15) is 4.57 Å². The van der Waals surface area contributed by atoms with E-state index in [0.29, 0.717) is 5.92 Å². The monoisotopic (exact) mass is 424 g/mol. The maximum atomic E-state index is 6.86. The maximum absolute atomic E-state index is 6.86. The molecule has 5 rings (SSSR count). The zero-order chi connectivity index (χ0) is 22.9. The van der Waals surface area contributed by atoms with Gasteiger partial charge < -0.3 is 4.74 Å². The van der Waals surface area contributed by atoms with E-state index in [1.54, 1.807) is 0 Å². The Kier molecular flexibility index (Phi) is 4.64. The summed E-state index contributed by atoms with van der Waals surface area (Å²) in [5, 5.41) is 3.81. The summed E-state index contributed by atoms with van der Waals surface area (Å²) in [6.45, 7) is 15.9. The third-order valence-electron chi connectivity index (χ3n) is 6.89. The van der Waals surface area contributed by atoms with Crippen molar-refractivity contribution in [2.45, 2.75) is 60.8 Å². The molecule has 0 radical (unpaired) electrons. The Hall–Kier alpha value is -2.87. The predicted octanol–water partition coefficient (Wildman–Crippen LogP) is 7.92. The molecule has 0 atom stereocenters. The van der Waals surface area contributed by atoms with Crippen molar-refractivity contribution < 1.29 is 9.30 Å². The van der Waals surface area contributed by atoms with Crippen molar-refractivity contribution in [1.29, 1.82) is 0 Å². The van der Waals surface area contributed by atoms with Crippen LogP contribution in [0.5, 0.6) is 11.5 Å². The fourth-order valence-electron chi connectivity index (χ4n) is 5.48. The zero-order valence-electron chi connectivity index (χ0n) is 20.7. The molecule has 32 heavy (non-hydrogen) atoms. The molecule has 0 spiro atoms. The number of ether oxygens (including phenoxy) is 1. The SMILES string of the molecule is Cc1cc2cc(CC(C)(C)C)cc3c2c(c1C)-c1c(c(C(C)C)c2ccccc2[n+]1C)O3. The number of para-hydroxylation sites is 1. The standard InChI is InChI=1S/C30H34NO/c1-17(2)25-22-11-9-10-12-23(22)31(8)28-26-19(4)18(3)13-21-14-20(16-30(5,6)7)15-24(27(21)26)32-29(25)28/h9-15,17H,16H2,1-8H3/q+1. The zero-order valence-corrected chi connectivity index (χ0v) is 20.7. The van der Waals surface area contributed by atoms with Gasteiger partial charge in [0.15, 0.2) is 0 Å². The van der Waals surface area contributed by atoms with Gasteiger partial charge in [-0.3, -0.25) is 0 Å². The summed E-state index contributed by atoms with van der Waals surface area (Å²) in [6.07, 6.45) is 1.02. The Morgan fingerprint density at radius 1 is 1.00 bits per heavy atom. The van der Waals surface area contributed by atoms with Crippen molar-refractivity contribution in [2.24, 2.45) is 12.5 Å². The Labute approximate surface area is 191 Å². The van der Waals surface area contributed by atoms with Crippen LogP contribution >= 0.6 is 0 Å². The van der Waals surface area contributed by atoms with E-state index in [1.807, 2.05) is 0 Å². The summed E-state index contributed by atoms with van der Waals surface area (Å²) >= 11 is 0. The normalized spacial score (nSPS) is 13.0. The van der Waals surface area contributed by atoms with Gasteiger partial charge in [0.2, 0.25) is 11.3 Å². The first-order valence-electron chi connectivity index (χ1n) is 11.8. The molecule has 1 aliphatic heterocycles. The molecule has 0 fully saturated rings. The number of benzene rings is 3. The van der Waals surface area contributed by atoms with Gasteiger partial charge in [-0.25, -0.2) is 0 Å². The van der Waals surface area contributed by atoms with Crippen LogP contribution in [0.15, 0.2) is 42.5 Å². The molecule has 0 saturated heterocycles. The third-order valence-corrected chi connectivity index (χ3v) is 6.89. The van der Waals surface area contributed by atoms with E-state index in [-0.39, 0.29) is 5.41 Å². The Morgan fingerprint density at radius 3 is 2.41 bits per heavy atom. The molecular formula is C30H34NO+. The average molecular weight is 425 g/mol. The number of nitrogens with zero attached hydrogens (tertiary/aromatic N) is 1. The van der Waals surface area contributed by atoms with Gasteiger partial charge in [0, 0.05) is 17.0 Å². The van der Waals surface area contributed by atoms with E-state index in [0.717, 1.165) is 17.9 Å². The summed E-state index contributed by atoms with van der Waals surface area (Å²) in [5.41, 5.74) is 9.32. The number of rotatable bonds is 2. The fraction of sp³-hybridized carbons (Fsp3) is 0.367. The molecule has 0 aliphatic carbocycles. The van der Waals surface area contributed by atoms with Crippen molar-refractivity contribution >= 4 is 21.7 Å². The average Bonchev–Trinajstić information content (AvgIpc) is 2.69. The summed E-state index contributed by atoms with van der Waals surface area (Å²) in [7, 11) is 2.18. The molecule has 3 aromatic carbocycles. The Bertz CT molecular complexity index is 1400. The Morgan fingerprint density at radius 2 is 1.72 bits per heavy atom. The summed E-state index contributed by atoms with van der Waals surface area (Å²) in [4.78, 5) is 0. The number of pyridine rings is 1. The van der Waals surface area contributed by atoms with Gasteiger partial charge in [-0.15, -0.1) is 0 Å². The van der Waals surface area contributed by atoms with Crippen molar-refractivity contribution in [3.05, 3.63) is 64.7 Å². The highest BCUT2D eigenvalue weighted by molar-refractivity contribution is 6.06. The van der Waals surface area contributed by atoms with Gasteiger partial charge >= 0.3 is 0 Å². The van der Waals surface area contributed by atoms with Crippen molar-refractivity contribution in [3.8, 4) is 22.8 Å². The molecule has 0 unspecified atom stereocenters. The number of aromatic nitrogens is 1. The lowest BCUT2D eigenvalue weighted by atomic mass is 9.84. The second-order valence-electron chi connectivity index (χ2n) is 11.0. The van der Waals surface area contributed by atoms with Crippen molar-refractivity contribution in [3.63, 3.8) is 0 Å². The van der Waals surface area contributed by atoms with Gasteiger partial charge in [-0.05, 0) is 65.8 Å². The maximum Gasteiger partial charge on any atom is 0.257 e. The molecule has 0 N–H and O–H groups in total. The van der Waals surface area contributed by atoms with Crippen LogP contribution in [0.1, 0.15) is 62.8 Å². The van der Waals surface area contributed by atoms with Crippen LogP contribution in [0.3, 0.4) is 0 Å². The lowest BCUT2D eigenvalue weighted by Crippen LogP contribution is -2.34. The molecule has 0 amide bonds. The number of aryl methyl sites for hydroxylation is 2. The second-order valence-corrected chi connectivity index (χ2v) is 11.0. The number of hydrogen-bond donors (Lipinski definition) is 0. The highest BCUT2D eigenvalue weighted by atomic mass is 16.5.